The van der Waals surface area contributed by atoms with Crippen molar-refractivity contribution in [3.63, 3.8) is 0 Å². The molecule has 1 amide bonds. The molecule has 5 heteroatoms. The molecule has 0 spiro atoms. The number of carbonyl (C=O) groups is 1. The first kappa shape index (κ1) is 11.5. The number of benzene rings is 1. The van der Waals surface area contributed by atoms with Crippen LogP contribution in [0.1, 0.15) is 29.6 Å². The standard InChI is InChI=1S/C12H14N4O/c13-15-14-12(17)10-5-4-6-11(9-10)16-7-2-1-3-8-16/h4-6,9H,1-3,7-8H2. The molecule has 1 aromatic rings. The van der Waals surface area contributed by atoms with Gasteiger partial charge < -0.3 is 4.90 Å². The number of anilines is 1. The van der Waals surface area contributed by atoms with E-state index in [1.54, 1.807) is 12.1 Å². The van der Waals surface area contributed by atoms with Crippen molar-refractivity contribution in [2.45, 2.75) is 19.3 Å². The summed E-state index contributed by atoms with van der Waals surface area (Å²) in [6.07, 6.45) is 3.65. The summed E-state index contributed by atoms with van der Waals surface area (Å²) < 4.78 is 0. The highest BCUT2D eigenvalue weighted by molar-refractivity contribution is 5.95. The second kappa shape index (κ2) is 5.37. The Labute approximate surface area is 99.7 Å². The highest BCUT2D eigenvalue weighted by Crippen LogP contribution is 2.21. The number of amides is 1. The Hall–Kier alpha value is -2.00. The van der Waals surface area contributed by atoms with Crippen LogP contribution in [0.4, 0.5) is 5.69 Å². The molecule has 1 saturated heterocycles. The molecule has 0 N–H and O–H groups in total. The third kappa shape index (κ3) is 2.77. The van der Waals surface area contributed by atoms with E-state index in [9.17, 15) is 4.79 Å². The molecule has 17 heavy (non-hydrogen) atoms. The van der Waals surface area contributed by atoms with Gasteiger partial charge >= 0.3 is 0 Å². The molecule has 0 unspecified atom stereocenters. The van der Waals surface area contributed by atoms with Gasteiger partial charge in [-0.05, 0) is 42.0 Å². The third-order valence-corrected chi connectivity index (χ3v) is 2.95. The van der Waals surface area contributed by atoms with Crippen molar-refractivity contribution >= 4 is 11.6 Å². The third-order valence-electron chi connectivity index (χ3n) is 2.95. The van der Waals surface area contributed by atoms with Crippen molar-refractivity contribution in [3.05, 3.63) is 40.3 Å². The molecule has 1 aromatic carbocycles. The van der Waals surface area contributed by atoms with Crippen LogP contribution < -0.4 is 4.90 Å². The molecule has 88 valence electrons. The molecule has 0 aliphatic carbocycles. The summed E-state index contributed by atoms with van der Waals surface area (Å²) in [4.78, 5) is 16.2. The van der Waals surface area contributed by atoms with Crippen molar-refractivity contribution in [2.75, 3.05) is 18.0 Å². The molecule has 0 aromatic heterocycles. The summed E-state index contributed by atoms with van der Waals surface area (Å²) in [7, 11) is 0. The van der Waals surface area contributed by atoms with Crippen molar-refractivity contribution in [1.82, 2.24) is 0 Å². The summed E-state index contributed by atoms with van der Waals surface area (Å²) >= 11 is 0. The molecule has 1 aliphatic rings. The maximum atomic E-state index is 11.4. The largest absolute Gasteiger partial charge is 0.372 e. The Morgan fingerprint density at radius 3 is 2.76 bits per heavy atom. The lowest BCUT2D eigenvalue weighted by Gasteiger charge is -2.28. The molecular weight excluding hydrogens is 216 g/mol. The van der Waals surface area contributed by atoms with Gasteiger partial charge in [0.15, 0.2) is 0 Å². The van der Waals surface area contributed by atoms with Crippen LogP contribution in [0.25, 0.3) is 10.4 Å². The fourth-order valence-electron chi connectivity index (χ4n) is 2.09. The number of carbonyl (C=O) groups excluding carboxylic acids is 1. The van der Waals surface area contributed by atoms with Crippen LogP contribution in [0.3, 0.4) is 0 Å². The molecule has 0 saturated carbocycles. The Morgan fingerprint density at radius 1 is 1.29 bits per heavy atom. The van der Waals surface area contributed by atoms with Gasteiger partial charge in [0.1, 0.15) is 0 Å². The zero-order valence-corrected chi connectivity index (χ0v) is 9.54. The fourth-order valence-corrected chi connectivity index (χ4v) is 2.09. The zero-order chi connectivity index (χ0) is 12.1. The number of hydrogen-bond donors (Lipinski definition) is 0. The molecule has 0 radical (unpaired) electrons. The molecule has 1 heterocycles. The van der Waals surface area contributed by atoms with E-state index in [0.29, 0.717) is 5.56 Å². The van der Waals surface area contributed by atoms with Gasteiger partial charge in [-0.1, -0.05) is 12.1 Å². The van der Waals surface area contributed by atoms with Gasteiger partial charge in [0, 0.05) is 29.3 Å². The van der Waals surface area contributed by atoms with E-state index in [-0.39, 0.29) is 0 Å². The Balaban J connectivity index is 2.21. The predicted molar refractivity (Wildman–Crippen MR) is 66.0 cm³/mol. The lowest BCUT2D eigenvalue weighted by molar-refractivity contribution is 0.100. The highest BCUT2D eigenvalue weighted by atomic mass is 16.1. The Bertz CT molecular complexity index is 459. The van der Waals surface area contributed by atoms with Crippen LogP contribution in [0.5, 0.6) is 0 Å². The van der Waals surface area contributed by atoms with Gasteiger partial charge in [0.25, 0.3) is 0 Å². The maximum absolute atomic E-state index is 11.4. The van der Waals surface area contributed by atoms with Gasteiger partial charge in [-0.25, -0.2) is 0 Å². The SMILES string of the molecule is [N-]=[N+]=NC(=O)c1cccc(N2CCCCC2)c1. The van der Waals surface area contributed by atoms with Crippen LogP contribution in [-0.4, -0.2) is 19.0 Å². The summed E-state index contributed by atoms with van der Waals surface area (Å²) in [6, 6.07) is 7.27. The fraction of sp³-hybridized carbons (Fsp3) is 0.417. The van der Waals surface area contributed by atoms with Gasteiger partial charge in [-0.2, -0.15) is 0 Å². The van der Waals surface area contributed by atoms with Gasteiger partial charge in [0.05, 0.1) is 0 Å². The first-order valence-electron chi connectivity index (χ1n) is 5.76. The van der Waals surface area contributed by atoms with E-state index in [1.807, 2.05) is 12.1 Å². The second-order valence-corrected chi connectivity index (χ2v) is 4.09. The summed E-state index contributed by atoms with van der Waals surface area (Å²) in [5, 5.41) is 3.10. The van der Waals surface area contributed by atoms with Crippen LogP contribution >= 0.6 is 0 Å². The lowest BCUT2D eigenvalue weighted by atomic mass is 10.1. The molecule has 5 nitrogen and oxygen atoms in total. The van der Waals surface area contributed by atoms with E-state index in [0.717, 1.165) is 18.8 Å². The minimum Gasteiger partial charge on any atom is -0.372 e. The van der Waals surface area contributed by atoms with E-state index < -0.39 is 5.91 Å². The highest BCUT2D eigenvalue weighted by Gasteiger charge is 2.12. The topological polar surface area (TPSA) is 69.1 Å². The van der Waals surface area contributed by atoms with Crippen LogP contribution in [-0.2, 0) is 0 Å². The Morgan fingerprint density at radius 2 is 2.06 bits per heavy atom. The molecule has 1 fully saturated rings. The Kier molecular flexibility index (Phi) is 3.62. The van der Waals surface area contributed by atoms with E-state index in [1.165, 1.54) is 19.3 Å². The quantitative estimate of drug-likeness (QED) is 0.445. The van der Waals surface area contributed by atoms with Crippen LogP contribution in [0.2, 0.25) is 0 Å². The summed E-state index contributed by atoms with van der Waals surface area (Å²) in [5.74, 6) is -0.522. The predicted octanol–water partition coefficient (Wildman–Crippen LogP) is 3.13. The maximum Gasteiger partial charge on any atom is 0.249 e. The van der Waals surface area contributed by atoms with Crippen LogP contribution in [0, 0.1) is 0 Å². The average molecular weight is 230 g/mol. The van der Waals surface area contributed by atoms with Crippen molar-refractivity contribution in [2.24, 2.45) is 5.11 Å². The normalized spacial score (nSPS) is 15.2. The summed E-state index contributed by atoms with van der Waals surface area (Å²) in [6.45, 7) is 2.05. The number of nitrogens with zero attached hydrogens (tertiary/aromatic N) is 4. The van der Waals surface area contributed by atoms with E-state index in [4.69, 9.17) is 5.53 Å². The number of rotatable bonds is 2. The lowest BCUT2D eigenvalue weighted by Crippen LogP contribution is -2.29. The monoisotopic (exact) mass is 230 g/mol. The van der Waals surface area contributed by atoms with Crippen molar-refractivity contribution < 1.29 is 4.79 Å². The molecular formula is C12H14N4O. The first-order valence-corrected chi connectivity index (χ1v) is 5.76. The van der Waals surface area contributed by atoms with Crippen molar-refractivity contribution in [1.29, 1.82) is 0 Å². The first-order chi connectivity index (χ1) is 8.31. The van der Waals surface area contributed by atoms with E-state index in [2.05, 4.69) is 14.9 Å². The zero-order valence-electron chi connectivity index (χ0n) is 9.54. The molecule has 1 aliphatic heterocycles. The van der Waals surface area contributed by atoms with Crippen molar-refractivity contribution in [3.8, 4) is 0 Å². The van der Waals surface area contributed by atoms with Gasteiger partial charge in [-0.3, -0.25) is 4.79 Å². The molecule has 0 bridgehead atoms. The van der Waals surface area contributed by atoms with Crippen LogP contribution in [0.15, 0.2) is 29.4 Å². The molecule has 2 rings (SSSR count). The van der Waals surface area contributed by atoms with E-state index >= 15 is 0 Å². The smallest absolute Gasteiger partial charge is 0.249 e. The minimum absolute atomic E-state index is 0.450. The summed E-state index contributed by atoms with van der Waals surface area (Å²) in [5.41, 5.74) is 9.72. The van der Waals surface area contributed by atoms with Gasteiger partial charge in [-0.15, -0.1) is 0 Å². The number of piperidine rings is 1. The average Bonchev–Trinajstić information content (AvgIpc) is 2.40. The number of azide groups is 1. The molecule has 0 atom stereocenters. The second-order valence-electron chi connectivity index (χ2n) is 4.09. The number of hydrogen-bond acceptors (Lipinski definition) is 2. The van der Waals surface area contributed by atoms with Gasteiger partial charge in [0.2, 0.25) is 5.91 Å². The minimum atomic E-state index is -0.522.